The second-order valence-electron chi connectivity index (χ2n) is 3.71. The Morgan fingerprint density at radius 3 is 2.68 bits per heavy atom. The molecule has 19 heavy (non-hydrogen) atoms. The summed E-state index contributed by atoms with van der Waals surface area (Å²) in [7, 11) is -3.64. The number of sulfonamides is 1. The van der Waals surface area contributed by atoms with Crippen molar-refractivity contribution in [1.29, 1.82) is 0 Å². The molecule has 0 saturated carbocycles. The van der Waals surface area contributed by atoms with Gasteiger partial charge in [0.2, 0.25) is 10.0 Å². The summed E-state index contributed by atoms with van der Waals surface area (Å²) in [6.45, 7) is 2.15. The Bertz CT molecular complexity index is 596. The molecule has 0 atom stereocenters. The Morgan fingerprint density at radius 1 is 1.47 bits per heavy atom. The third-order valence-corrected chi connectivity index (χ3v) is 4.74. The van der Waals surface area contributed by atoms with E-state index in [1.165, 1.54) is 18.2 Å². The van der Waals surface area contributed by atoms with E-state index in [-0.39, 0.29) is 14.9 Å². The molecule has 0 heterocycles. The fraction of sp³-hybridized carbons (Fsp3) is 0.250. The Balaban J connectivity index is 2.92. The molecule has 0 aliphatic heterocycles. The summed E-state index contributed by atoms with van der Waals surface area (Å²) in [5.74, 6) is -1.11. The van der Waals surface area contributed by atoms with Gasteiger partial charge in [-0.15, -0.1) is 0 Å². The van der Waals surface area contributed by atoms with Crippen LogP contribution in [0.2, 0.25) is 0 Å². The van der Waals surface area contributed by atoms with E-state index in [2.05, 4.69) is 20.7 Å². The first-order chi connectivity index (χ1) is 8.88. The highest BCUT2D eigenvalue weighted by atomic mass is 79.9. The van der Waals surface area contributed by atoms with Crippen LogP contribution in [0.5, 0.6) is 0 Å². The maximum absolute atomic E-state index is 12.0. The standard InChI is InChI=1S/C12H14BrNO4S/c1-2-3-4-7-14-19(17,18)11-6-5-9(12(15)16)8-10(11)13/h2-3,5-6,8,14H,4,7H2,1H3,(H,15,16)/b3-2+. The van der Waals surface area contributed by atoms with Gasteiger partial charge in [0.15, 0.2) is 0 Å². The molecule has 0 spiro atoms. The predicted octanol–water partition coefficient (Wildman–Crippen LogP) is 2.39. The van der Waals surface area contributed by atoms with Gasteiger partial charge in [0, 0.05) is 11.0 Å². The van der Waals surface area contributed by atoms with Crippen molar-refractivity contribution in [2.75, 3.05) is 6.54 Å². The number of aromatic carboxylic acids is 1. The number of allylic oxidation sites excluding steroid dienone is 1. The van der Waals surface area contributed by atoms with Crippen LogP contribution in [0.4, 0.5) is 0 Å². The molecule has 0 aliphatic carbocycles. The first-order valence-electron chi connectivity index (χ1n) is 5.52. The van der Waals surface area contributed by atoms with Crippen LogP contribution < -0.4 is 4.72 Å². The molecule has 0 bridgehead atoms. The van der Waals surface area contributed by atoms with Gasteiger partial charge in [-0.3, -0.25) is 0 Å². The van der Waals surface area contributed by atoms with Crippen LogP contribution in [0.25, 0.3) is 0 Å². The average molecular weight is 348 g/mol. The van der Waals surface area contributed by atoms with Crippen molar-refractivity contribution in [1.82, 2.24) is 4.72 Å². The molecule has 104 valence electrons. The number of benzene rings is 1. The lowest BCUT2D eigenvalue weighted by Gasteiger charge is -2.08. The van der Waals surface area contributed by atoms with Gasteiger partial charge in [0.05, 0.1) is 10.5 Å². The first-order valence-corrected chi connectivity index (χ1v) is 7.79. The van der Waals surface area contributed by atoms with Crippen LogP contribution in [-0.2, 0) is 10.0 Å². The number of nitrogens with one attached hydrogen (secondary N) is 1. The zero-order valence-electron chi connectivity index (χ0n) is 10.3. The summed E-state index contributed by atoms with van der Waals surface area (Å²) in [6, 6.07) is 3.79. The highest BCUT2D eigenvalue weighted by molar-refractivity contribution is 9.10. The van der Waals surface area contributed by atoms with Crippen molar-refractivity contribution in [2.45, 2.75) is 18.2 Å². The number of carboxylic acid groups (broad SMARTS) is 1. The number of carbonyl (C=O) groups is 1. The van der Waals surface area contributed by atoms with E-state index >= 15 is 0 Å². The number of rotatable bonds is 6. The smallest absolute Gasteiger partial charge is 0.335 e. The van der Waals surface area contributed by atoms with Gasteiger partial charge in [-0.05, 0) is 47.5 Å². The number of halogens is 1. The van der Waals surface area contributed by atoms with E-state index in [1.54, 1.807) is 0 Å². The molecule has 5 nitrogen and oxygen atoms in total. The molecule has 0 unspecified atom stereocenters. The predicted molar refractivity (Wildman–Crippen MR) is 75.7 cm³/mol. The summed E-state index contributed by atoms with van der Waals surface area (Å²) in [5.41, 5.74) is 0.0275. The fourth-order valence-electron chi connectivity index (χ4n) is 1.37. The minimum absolute atomic E-state index is 0.0259. The maximum Gasteiger partial charge on any atom is 0.335 e. The van der Waals surface area contributed by atoms with Crippen LogP contribution in [0, 0.1) is 0 Å². The van der Waals surface area contributed by atoms with E-state index in [9.17, 15) is 13.2 Å². The molecule has 0 amide bonds. The number of hydrogen-bond acceptors (Lipinski definition) is 3. The van der Waals surface area contributed by atoms with Crippen LogP contribution in [0.15, 0.2) is 39.7 Å². The number of carboxylic acids is 1. The Hall–Kier alpha value is -1.18. The molecule has 7 heteroatoms. The minimum Gasteiger partial charge on any atom is -0.478 e. The van der Waals surface area contributed by atoms with Gasteiger partial charge >= 0.3 is 5.97 Å². The van der Waals surface area contributed by atoms with Gasteiger partial charge in [0.1, 0.15) is 0 Å². The molecule has 0 radical (unpaired) electrons. The number of hydrogen-bond donors (Lipinski definition) is 2. The second kappa shape index (κ2) is 6.83. The van der Waals surface area contributed by atoms with E-state index in [1.807, 2.05) is 19.1 Å². The second-order valence-corrected chi connectivity index (χ2v) is 6.30. The van der Waals surface area contributed by atoms with E-state index in [0.29, 0.717) is 13.0 Å². The largest absolute Gasteiger partial charge is 0.478 e. The van der Waals surface area contributed by atoms with E-state index in [0.717, 1.165) is 0 Å². The van der Waals surface area contributed by atoms with Crippen molar-refractivity contribution < 1.29 is 18.3 Å². The van der Waals surface area contributed by atoms with Gasteiger partial charge in [-0.25, -0.2) is 17.9 Å². The molecule has 1 rings (SSSR count). The van der Waals surface area contributed by atoms with Crippen molar-refractivity contribution in [3.8, 4) is 0 Å². The highest BCUT2D eigenvalue weighted by Gasteiger charge is 2.18. The normalized spacial score (nSPS) is 11.9. The zero-order valence-corrected chi connectivity index (χ0v) is 12.7. The van der Waals surface area contributed by atoms with E-state index < -0.39 is 16.0 Å². The molecule has 1 aromatic carbocycles. The molecule has 0 aromatic heterocycles. The lowest BCUT2D eigenvalue weighted by atomic mass is 10.2. The van der Waals surface area contributed by atoms with Crippen molar-refractivity contribution in [3.63, 3.8) is 0 Å². The third kappa shape index (κ3) is 4.45. The van der Waals surface area contributed by atoms with Crippen LogP contribution in [0.1, 0.15) is 23.7 Å². The average Bonchev–Trinajstić information content (AvgIpc) is 2.34. The Morgan fingerprint density at radius 2 is 2.16 bits per heavy atom. The van der Waals surface area contributed by atoms with Gasteiger partial charge in [-0.1, -0.05) is 12.2 Å². The molecule has 0 aliphatic rings. The van der Waals surface area contributed by atoms with Crippen LogP contribution in [0.3, 0.4) is 0 Å². The molecule has 1 aromatic rings. The summed E-state index contributed by atoms with van der Waals surface area (Å²) in [6.07, 6.45) is 4.29. The third-order valence-electron chi connectivity index (χ3n) is 2.31. The summed E-state index contributed by atoms with van der Waals surface area (Å²) in [5, 5.41) is 8.81. The lowest BCUT2D eigenvalue weighted by molar-refractivity contribution is 0.0696. The lowest BCUT2D eigenvalue weighted by Crippen LogP contribution is -2.25. The zero-order chi connectivity index (χ0) is 14.5. The molecule has 2 N–H and O–H groups in total. The van der Waals surface area contributed by atoms with Crippen molar-refractivity contribution in [2.24, 2.45) is 0 Å². The minimum atomic E-state index is -3.64. The SMILES string of the molecule is C/C=C/CCNS(=O)(=O)c1ccc(C(=O)O)cc1Br. The Kier molecular flexibility index (Phi) is 5.71. The van der Waals surface area contributed by atoms with Crippen molar-refractivity contribution >= 4 is 31.9 Å². The topological polar surface area (TPSA) is 83.5 Å². The summed E-state index contributed by atoms with van der Waals surface area (Å²) >= 11 is 3.08. The quantitative estimate of drug-likeness (QED) is 0.611. The van der Waals surface area contributed by atoms with E-state index in [4.69, 9.17) is 5.11 Å². The van der Waals surface area contributed by atoms with Crippen LogP contribution in [-0.4, -0.2) is 26.0 Å². The molecular formula is C12H14BrNO4S. The van der Waals surface area contributed by atoms with Gasteiger partial charge < -0.3 is 5.11 Å². The van der Waals surface area contributed by atoms with Gasteiger partial charge in [-0.2, -0.15) is 0 Å². The molecule has 0 fully saturated rings. The van der Waals surface area contributed by atoms with Crippen molar-refractivity contribution in [3.05, 3.63) is 40.4 Å². The molecular weight excluding hydrogens is 334 g/mol. The van der Waals surface area contributed by atoms with Gasteiger partial charge in [0.25, 0.3) is 0 Å². The highest BCUT2D eigenvalue weighted by Crippen LogP contribution is 2.23. The summed E-state index contributed by atoms with van der Waals surface area (Å²) in [4.78, 5) is 10.8. The fourth-order valence-corrected chi connectivity index (χ4v) is 3.50. The summed E-state index contributed by atoms with van der Waals surface area (Å²) < 4.78 is 26.6. The first kappa shape index (κ1) is 15.9. The van der Waals surface area contributed by atoms with Crippen LogP contribution >= 0.6 is 15.9 Å². The molecule has 0 saturated heterocycles. The maximum atomic E-state index is 12.0. The monoisotopic (exact) mass is 347 g/mol. The Labute approximate surface area is 120 Å².